The fourth-order valence-corrected chi connectivity index (χ4v) is 4.37. The van der Waals surface area contributed by atoms with Gasteiger partial charge in [0, 0.05) is 5.75 Å². The molecule has 0 amide bonds. The number of carbonyl (C=O) groups is 1. The molecule has 1 atom stereocenters. The molecule has 0 spiro atoms. The highest BCUT2D eigenvalue weighted by Gasteiger charge is 2.26. The minimum atomic E-state index is -2.88. The summed E-state index contributed by atoms with van der Waals surface area (Å²) in [6.45, 7) is 10.2. The number of hydrogen-bond acceptors (Lipinski definition) is 7. The van der Waals surface area contributed by atoms with Gasteiger partial charge in [-0.3, -0.25) is 4.79 Å². The molecule has 0 saturated heterocycles. The van der Waals surface area contributed by atoms with Crippen LogP contribution in [0.25, 0.3) is 0 Å². The van der Waals surface area contributed by atoms with Crippen LogP contribution in [0.15, 0.2) is 0 Å². The third-order valence-electron chi connectivity index (χ3n) is 1.99. The predicted octanol–water partition coefficient (Wildman–Crippen LogP) is 3.87. The zero-order chi connectivity index (χ0) is 16.5. The van der Waals surface area contributed by atoms with Crippen LogP contribution in [-0.2, 0) is 35.7 Å². The van der Waals surface area contributed by atoms with Crippen molar-refractivity contribution in [3.8, 4) is 0 Å². The van der Waals surface area contributed by atoms with Gasteiger partial charge in [0.15, 0.2) is 0 Å². The van der Waals surface area contributed by atoms with Crippen LogP contribution in [0.2, 0.25) is 0 Å². The lowest BCUT2D eigenvalue weighted by molar-refractivity contribution is -0.259. The molecule has 0 aromatic rings. The zero-order valence-electron chi connectivity index (χ0n) is 13.1. The first kappa shape index (κ1) is 21.3. The van der Waals surface area contributed by atoms with Crippen molar-refractivity contribution < 1.29 is 29.0 Å². The quantitative estimate of drug-likeness (QED) is 0.319. The maximum Gasteiger partial charge on any atom is 0.307 e. The molecule has 6 nitrogen and oxygen atoms in total. The molecule has 1 N–H and O–H groups in total. The van der Waals surface area contributed by atoms with Crippen molar-refractivity contribution in [2.75, 3.05) is 19.0 Å². The average molecular weight is 360 g/mol. The van der Waals surface area contributed by atoms with E-state index in [1.54, 1.807) is 6.92 Å². The first-order valence-corrected chi connectivity index (χ1v) is 11.0. The van der Waals surface area contributed by atoms with Crippen LogP contribution in [0.1, 0.15) is 34.6 Å². The molecule has 21 heavy (non-hydrogen) atoms. The third kappa shape index (κ3) is 11.5. The van der Waals surface area contributed by atoms with Gasteiger partial charge < -0.3 is 5.11 Å². The van der Waals surface area contributed by atoms with Gasteiger partial charge in [0.25, 0.3) is 0 Å². The van der Waals surface area contributed by atoms with Crippen molar-refractivity contribution in [2.45, 2.75) is 34.6 Å². The van der Waals surface area contributed by atoms with Crippen LogP contribution in [0.5, 0.6) is 0 Å². The van der Waals surface area contributed by atoms with E-state index in [2.05, 4.69) is 0 Å². The molecule has 0 bridgehead atoms. The second kappa shape index (κ2) is 10.9. The number of carboxylic acid groups (broad SMARTS) is 1. The molecule has 0 aromatic carbocycles. The summed E-state index contributed by atoms with van der Waals surface area (Å²) in [7, 11) is 0. The second-order valence-corrected chi connectivity index (χ2v) is 11.6. The molecule has 0 fully saturated rings. The lowest BCUT2D eigenvalue weighted by Crippen LogP contribution is -2.12. The molecular formula is C12H25O6PS2. The largest absolute Gasteiger partial charge is 0.481 e. The fourth-order valence-electron chi connectivity index (χ4n) is 0.792. The summed E-state index contributed by atoms with van der Waals surface area (Å²) >= 11 is 6.41. The van der Waals surface area contributed by atoms with Crippen LogP contribution in [-0.4, -0.2) is 30.0 Å². The van der Waals surface area contributed by atoms with Gasteiger partial charge in [-0.1, -0.05) is 46.0 Å². The van der Waals surface area contributed by atoms with Crippen LogP contribution < -0.4 is 0 Å². The van der Waals surface area contributed by atoms with E-state index in [1.807, 2.05) is 27.7 Å². The monoisotopic (exact) mass is 360 g/mol. The minimum Gasteiger partial charge on any atom is -0.481 e. The molecule has 0 aliphatic heterocycles. The summed E-state index contributed by atoms with van der Waals surface area (Å²) in [5, 5.41) is 8.90. The minimum absolute atomic E-state index is 0.267. The van der Waals surface area contributed by atoms with Crippen LogP contribution in [0.4, 0.5) is 0 Å². The SMILES string of the molecule is CC(C)COOP(=S)(OOCC(C)C)SCC(C)C(=O)O. The highest BCUT2D eigenvalue weighted by atomic mass is 32.9. The lowest BCUT2D eigenvalue weighted by atomic mass is 10.2. The van der Waals surface area contributed by atoms with Crippen molar-refractivity contribution >= 4 is 34.9 Å². The number of aliphatic carboxylic acids is 1. The average Bonchev–Trinajstić information content (AvgIpc) is 2.35. The van der Waals surface area contributed by atoms with Crippen molar-refractivity contribution in [1.29, 1.82) is 0 Å². The molecule has 0 radical (unpaired) electrons. The molecule has 1 unspecified atom stereocenters. The van der Waals surface area contributed by atoms with E-state index >= 15 is 0 Å². The van der Waals surface area contributed by atoms with E-state index in [0.29, 0.717) is 13.2 Å². The Labute approximate surface area is 135 Å². The van der Waals surface area contributed by atoms with E-state index in [4.69, 9.17) is 36.0 Å². The standard InChI is InChI=1S/C12H25O6PS2/c1-9(2)6-15-17-19(20,18-16-7-10(3)4)21-8-11(5)12(13)14/h9-11H,6-8H2,1-5H3,(H,13,14). The van der Waals surface area contributed by atoms with Crippen molar-refractivity contribution in [1.82, 2.24) is 0 Å². The number of rotatable bonds is 12. The van der Waals surface area contributed by atoms with Gasteiger partial charge in [-0.15, -0.1) is 0 Å². The van der Waals surface area contributed by atoms with E-state index in [-0.39, 0.29) is 17.6 Å². The van der Waals surface area contributed by atoms with Crippen LogP contribution >= 0.6 is 17.1 Å². The smallest absolute Gasteiger partial charge is 0.307 e. The van der Waals surface area contributed by atoms with Gasteiger partial charge in [0.2, 0.25) is 0 Å². The van der Waals surface area contributed by atoms with E-state index < -0.39 is 17.6 Å². The normalized spacial score (nSPS) is 13.9. The Balaban J connectivity index is 4.43. The highest BCUT2D eigenvalue weighted by Crippen LogP contribution is 2.61. The van der Waals surface area contributed by atoms with Gasteiger partial charge >= 0.3 is 11.7 Å². The van der Waals surface area contributed by atoms with Crippen molar-refractivity contribution in [2.24, 2.45) is 17.8 Å². The molecular weight excluding hydrogens is 335 g/mol. The van der Waals surface area contributed by atoms with Crippen LogP contribution in [0.3, 0.4) is 0 Å². The maximum absolute atomic E-state index is 10.8. The lowest BCUT2D eigenvalue weighted by Gasteiger charge is -2.20. The molecule has 0 aliphatic rings. The summed E-state index contributed by atoms with van der Waals surface area (Å²) in [4.78, 5) is 21.0. The first-order valence-electron chi connectivity index (χ1n) is 6.76. The van der Waals surface area contributed by atoms with Gasteiger partial charge in [-0.05, 0) is 23.6 Å². The Bertz CT molecular complexity index is 333. The molecule has 0 rings (SSSR count). The van der Waals surface area contributed by atoms with Crippen molar-refractivity contribution in [3.63, 3.8) is 0 Å². The van der Waals surface area contributed by atoms with E-state index in [0.717, 1.165) is 11.4 Å². The van der Waals surface area contributed by atoms with Crippen molar-refractivity contribution in [3.05, 3.63) is 0 Å². The Hall–Kier alpha value is 0.310. The van der Waals surface area contributed by atoms with Gasteiger partial charge in [-0.25, -0.2) is 9.78 Å². The molecule has 9 heteroatoms. The third-order valence-corrected chi connectivity index (χ3v) is 6.61. The second-order valence-electron chi connectivity index (χ2n) is 5.49. The maximum atomic E-state index is 10.8. The summed E-state index contributed by atoms with van der Waals surface area (Å²) in [6.07, 6.45) is 0. The zero-order valence-corrected chi connectivity index (χ0v) is 15.6. The summed E-state index contributed by atoms with van der Waals surface area (Å²) < 4.78 is 10.4. The topological polar surface area (TPSA) is 74.2 Å². The molecule has 0 heterocycles. The van der Waals surface area contributed by atoms with E-state index in [1.165, 1.54) is 0 Å². The van der Waals surface area contributed by atoms with Gasteiger partial charge in [0.05, 0.1) is 19.1 Å². The highest BCUT2D eigenvalue weighted by molar-refractivity contribution is 8.67. The summed E-state index contributed by atoms with van der Waals surface area (Å²) in [5.74, 6) is -0.612. The molecule has 0 saturated carbocycles. The molecule has 0 aromatic heterocycles. The van der Waals surface area contributed by atoms with Crippen LogP contribution in [0, 0.1) is 17.8 Å². The first-order chi connectivity index (χ1) is 9.66. The summed E-state index contributed by atoms with van der Waals surface area (Å²) in [5.41, 5.74) is -2.88. The Morgan fingerprint density at radius 2 is 1.52 bits per heavy atom. The Morgan fingerprint density at radius 3 is 1.86 bits per heavy atom. The summed E-state index contributed by atoms with van der Waals surface area (Å²) in [6, 6.07) is 0. The Kier molecular flexibility index (Phi) is 11.1. The van der Waals surface area contributed by atoms with Gasteiger partial charge in [0.1, 0.15) is 0 Å². The molecule has 0 aliphatic carbocycles. The molecule has 126 valence electrons. The fraction of sp³-hybridized carbons (Fsp3) is 0.917. The van der Waals surface area contributed by atoms with Gasteiger partial charge in [-0.2, -0.15) is 9.35 Å². The number of hydrogen-bond donors (Lipinski definition) is 1. The predicted molar refractivity (Wildman–Crippen MR) is 87.3 cm³/mol. The Morgan fingerprint density at radius 1 is 1.10 bits per heavy atom. The van der Waals surface area contributed by atoms with E-state index in [9.17, 15) is 4.79 Å². The number of carboxylic acids is 1.